The first kappa shape index (κ1) is 22.9. The average molecular weight is 422 g/mol. The highest BCUT2D eigenvalue weighted by molar-refractivity contribution is 5.81. The van der Waals surface area contributed by atoms with E-state index in [0.29, 0.717) is 13.2 Å². The fourth-order valence-electron chi connectivity index (χ4n) is 3.48. The number of aryl methyl sites for hydroxylation is 3. The minimum Gasteiger partial charge on any atom is -0.494 e. The molecule has 0 aliphatic rings. The van der Waals surface area contributed by atoms with Gasteiger partial charge in [-0.1, -0.05) is 39.0 Å². The van der Waals surface area contributed by atoms with Crippen molar-refractivity contribution in [2.45, 2.75) is 60.4 Å². The van der Waals surface area contributed by atoms with Crippen molar-refractivity contribution >= 4 is 16.9 Å². The van der Waals surface area contributed by atoms with Gasteiger partial charge in [0.25, 0.3) is 0 Å². The molecular weight excluding hydrogens is 386 g/mol. The number of rotatable bonds is 9. The van der Waals surface area contributed by atoms with E-state index in [4.69, 9.17) is 9.72 Å². The van der Waals surface area contributed by atoms with Crippen LogP contribution >= 0.6 is 0 Å². The van der Waals surface area contributed by atoms with E-state index < -0.39 is 0 Å². The summed E-state index contributed by atoms with van der Waals surface area (Å²) in [7, 11) is 0. The molecule has 3 aromatic rings. The van der Waals surface area contributed by atoms with Gasteiger partial charge >= 0.3 is 0 Å². The molecule has 5 nitrogen and oxygen atoms in total. The number of fused-ring (bicyclic) bond motifs is 1. The number of hydrogen-bond acceptors (Lipinski definition) is 3. The Morgan fingerprint density at radius 1 is 1.06 bits per heavy atom. The molecule has 2 aromatic carbocycles. The SMILES string of the molecule is Cc1ccc(OCCCCn2c(CCNC(=O)C(C)(C)C)nc3ccccc32)cc1C. The van der Waals surface area contributed by atoms with Crippen LogP contribution in [0.5, 0.6) is 5.75 Å². The van der Waals surface area contributed by atoms with Crippen molar-refractivity contribution in [2.24, 2.45) is 5.41 Å². The summed E-state index contributed by atoms with van der Waals surface area (Å²) in [5.41, 5.74) is 4.31. The van der Waals surface area contributed by atoms with Crippen LogP contribution in [0, 0.1) is 19.3 Å². The Kier molecular flexibility index (Phi) is 7.37. The number of aromatic nitrogens is 2. The van der Waals surface area contributed by atoms with Crippen molar-refractivity contribution in [3.05, 3.63) is 59.4 Å². The first-order valence-corrected chi connectivity index (χ1v) is 11.2. The second-order valence-electron chi connectivity index (χ2n) is 9.23. The van der Waals surface area contributed by atoms with E-state index in [0.717, 1.165) is 48.4 Å². The number of carbonyl (C=O) groups is 1. The van der Waals surface area contributed by atoms with Crippen LogP contribution < -0.4 is 10.1 Å². The number of unbranched alkanes of at least 4 members (excludes halogenated alkanes) is 1. The monoisotopic (exact) mass is 421 g/mol. The molecule has 0 aliphatic carbocycles. The van der Waals surface area contributed by atoms with Gasteiger partial charge in [0.1, 0.15) is 11.6 Å². The number of nitrogens with one attached hydrogen (secondary N) is 1. The molecule has 0 fully saturated rings. The smallest absolute Gasteiger partial charge is 0.225 e. The highest BCUT2D eigenvalue weighted by Crippen LogP contribution is 2.19. The molecule has 5 heteroatoms. The molecule has 0 bridgehead atoms. The predicted molar refractivity (Wildman–Crippen MR) is 127 cm³/mol. The van der Waals surface area contributed by atoms with Gasteiger partial charge in [0.2, 0.25) is 5.91 Å². The Bertz CT molecular complexity index is 1030. The van der Waals surface area contributed by atoms with Crippen LogP contribution in [0.3, 0.4) is 0 Å². The summed E-state index contributed by atoms with van der Waals surface area (Å²) in [6.07, 6.45) is 2.70. The van der Waals surface area contributed by atoms with Gasteiger partial charge in [-0.2, -0.15) is 0 Å². The third-order valence-corrected chi connectivity index (χ3v) is 5.57. The number of ether oxygens (including phenoxy) is 1. The van der Waals surface area contributed by atoms with Gasteiger partial charge in [0.05, 0.1) is 17.6 Å². The standard InChI is InChI=1S/C26H35N3O2/c1-19-12-13-21(18-20(19)2)31-17-9-8-16-29-23-11-7-6-10-22(23)28-24(29)14-15-27-25(30)26(3,4)5/h6-7,10-13,18H,8-9,14-17H2,1-5H3,(H,27,30). The molecule has 1 amide bonds. The summed E-state index contributed by atoms with van der Waals surface area (Å²) in [4.78, 5) is 17.0. The molecule has 0 saturated heterocycles. The number of imidazole rings is 1. The zero-order valence-corrected chi connectivity index (χ0v) is 19.5. The number of amides is 1. The van der Waals surface area contributed by atoms with Crippen molar-refractivity contribution < 1.29 is 9.53 Å². The molecular formula is C26H35N3O2. The van der Waals surface area contributed by atoms with Gasteiger partial charge in [-0.25, -0.2) is 4.98 Å². The maximum absolute atomic E-state index is 12.2. The Labute approximate surface area is 185 Å². The largest absolute Gasteiger partial charge is 0.494 e. The highest BCUT2D eigenvalue weighted by Gasteiger charge is 2.20. The topological polar surface area (TPSA) is 56.1 Å². The normalized spacial score (nSPS) is 11.6. The summed E-state index contributed by atoms with van der Waals surface area (Å²) in [6.45, 7) is 12.2. The number of benzene rings is 2. The lowest BCUT2D eigenvalue weighted by Gasteiger charge is -2.17. The maximum atomic E-state index is 12.2. The van der Waals surface area contributed by atoms with E-state index in [1.807, 2.05) is 39.0 Å². The molecule has 0 aliphatic heterocycles. The first-order chi connectivity index (χ1) is 14.8. The molecule has 0 saturated carbocycles. The fraction of sp³-hybridized carbons (Fsp3) is 0.462. The minimum absolute atomic E-state index is 0.0682. The zero-order chi connectivity index (χ0) is 22.4. The van der Waals surface area contributed by atoms with E-state index in [2.05, 4.69) is 48.0 Å². The summed E-state index contributed by atoms with van der Waals surface area (Å²) in [6, 6.07) is 14.5. The van der Waals surface area contributed by atoms with Crippen molar-refractivity contribution in [2.75, 3.05) is 13.2 Å². The molecule has 1 aromatic heterocycles. The van der Waals surface area contributed by atoms with Gasteiger partial charge < -0.3 is 14.6 Å². The second kappa shape index (κ2) is 9.99. The third-order valence-electron chi connectivity index (χ3n) is 5.57. The van der Waals surface area contributed by atoms with E-state index in [1.165, 1.54) is 11.1 Å². The molecule has 31 heavy (non-hydrogen) atoms. The molecule has 0 spiro atoms. The summed E-state index contributed by atoms with van der Waals surface area (Å²) >= 11 is 0. The highest BCUT2D eigenvalue weighted by atomic mass is 16.5. The minimum atomic E-state index is -0.379. The second-order valence-corrected chi connectivity index (χ2v) is 9.23. The summed E-state index contributed by atoms with van der Waals surface area (Å²) in [5.74, 6) is 2.02. The lowest BCUT2D eigenvalue weighted by Crippen LogP contribution is -2.36. The van der Waals surface area contributed by atoms with E-state index >= 15 is 0 Å². The Hall–Kier alpha value is -2.82. The lowest BCUT2D eigenvalue weighted by molar-refractivity contribution is -0.128. The van der Waals surface area contributed by atoms with Gasteiger partial charge in [-0.05, 0) is 62.1 Å². The number of hydrogen-bond donors (Lipinski definition) is 1. The van der Waals surface area contributed by atoms with Crippen LogP contribution in [0.15, 0.2) is 42.5 Å². The predicted octanol–water partition coefficient (Wildman–Crippen LogP) is 5.22. The lowest BCUT2D eigenvalue weighted by atomic mass is 9.96. The van der Waals surface area contributed by atoms with E-state index in [9.17, 15) is 4.79 Å². The van der Waals surface area contributed by atoms with Crippen molar-refractivity contribution in [3.63, 3.8) is 0 Å². The molecule has 1 N–H and O–H groups in total. The van der Waals surface area contributed by atoms with Crippen LogP contribution in [0.4, 0.5) is 0 Å². The molecule has 0 unspecified atom stereocenters. The van der Waals surface area contributed by atoms with Crippen LogP contribution in [-0.2, 0) is 17.8 Å². The van der Waals surface area contributed by atoms with E-state index in [1.54, 1.807) is 0 Å². The van der Waals surface area contributed by atoms with Crippen LogP contribution in [0.1, 0.15) is 50.6 Å². The van der Waals surface area contributed by atoms with Crippen LogP contribution in [0.2, 0.25) is 0 Å². The van der Waals surface area contributed by atoms with Gasteiger partial charge in [0.15, 0.2) is 0 Å². The summed E-state index contributed by atoms with van der Waals surface area (Å²) < 4.78 is 8.22. The Morgan fingerprint density at radius 2 is 1.84 bits per heavy atom. The van der Waals surface area contributed by atoms with Crippen molar-refractivity contribution in [3.8, 4) is 5.75 Å². The van der Waals surface area contributed by atoms with E-state index in [-0.39, 0.29) is 11.3 Å². The number of nitrogens with zero attached hydrogens (tertiary/aromatic N) is 2. The zero-order valence-electron chi connectivity index (χ0n) is 19.5. The Balaban J connectivity index is 1.56. The molecule has 1 heterocycles. The molecule has 0 atom stereocenters. The molecule has 166 valence electrons. The molecule has 0 radical (unpaired) electrons. The van der Waals surface area contributed by atoms with Gasteiger partial charge in [-0.15, -0.1) is 0 Å². The Morgan fingerprint density at radius 3 is 2.58 bits per heavy atom. The van der Waals surface area contributed by atoms with Crippen molar-refractivity contribution in [1.29, 1.82) is 0 Å². The third kappa shape index (κ3) is 6.09. The first-order valence-electron chi connectivity index (χ1n) is 11.2. The van der Waals surface area contributed by atoms with Crippen LogP contribution in [0.25, 0.3) is 11.0 Å². The fourth-order valence-corrected chi connectivity index (χ4v) is 3.48. The average Bonchev–Trinajstić information content (AvgIpc) is 3.07. The number of carbonyl (C=O) groups excluding carboxylic acids is 1. The maximum Gasteiger partial charge on any atom is 0.225 e. The van der Waals surface area contributed by atoms with Crippen LogP contribution in [-0.4, -0.2) is 28.6 Å². The van der Waals surface area contributed by atoms with Gasteiger partial charge in [0, 0.05) is 24.9 Å². The number of para-hydroxylation sites is 2. The summed E-state index contributed by atoms with van der Waals surface area (Å²) in [5, 5.41) is 3.03. The van der Waals surface area contributed by atoms with Gasteiger partial charge in [-0.3, -0.25) is 4.79 Å². The molecule has 3 rings (SSSR count). The van der Waals surface area contributed by atoms with Crippen molar-refractivity contribution in [1.82, 2.24) is 14.9 Å². The quantitative estimate of drug-likeness (QED) is 0.482.